The van der Waals surface area contributed by atoms with Crippen molar-refractivity contribution in [2.45, 2.75) is 65.0 Å². The van der Waals surface area contributed by atoms with Crippen LogP contribution in [0.5, 0.6) is 0 Å². The fraction of sp³-hybridized carbons (Fsp3) is 0.562. The fourth-order valence-electron chi connectivity index (χ4n) is 6.13. The highest BCUT2D eigenvalue weighted by Crippen LogP contribution is 2.35. The molecule has 1 amide bonds. The molecular formula is C32H45N5O2. The van der Waals surface area contributed by atoms with Crippen molar-refractivity contribution in [1.82, 2.24) is 19.4 Å². The molecule has 1 atom stereocenters. The molecule has 0 spiro atoms. The molecule has 0 aromatic carbocycles. The number of aromatic nitrogens is 2. The molecule has 3 fully saturated rings. The second-order valence-electron chi connectivity index (χ2n) is 11.6. The van der Waals surface area contributed by atoms with E-state index in [1.165, 1.54) is 5.69 Å². The Bertz CT molecular complexity index is 1240. The van der Waals surface area contributed by atoms with Crippen molar-refractivity contribution in [3.63, 3.8) is 0 Å². The molecule has 3 aliphatic rings. The summed E-state index contributed by atoms with van der Waals surface area (Å²) in [6.07, 6.45) is 14.7. The van der Waals surface area contributed by atoms with Gasteiger partial charge in [0.25, 0.3) is 0 Å². The van der Waals surface area contributed by atoms with Gasteiger partial charge < -0.3 is 14.5 Å². The number of rotatable bonds is 9. The summed E-state index contributed by atoms with van der Waals surface area (Å²) in [6.45, 7) is 19.1. The van der Waals surface area contributed by atoms with Gasteiger partial charge in [-0.05, 0) is 83.2 Å². The van der Waals surface area contributed by atoms with Gasteiger partial charge in [0.2, 0.25) is 5.91 Å². The number of allylic oxidation sites excluding steroid dienone is 3. The first-order valence-corrected chi connectivity index (χ1v) is 14.8. The van der Waals surface area contributed by atoms with Crippen molar-refractivity contribution in [2.24, 2.45) is 5.92 Å². The van der Waals surface area contributed by atoms with Crippen LogP contribution in [0.3, 0.4) is 0 Å². The summed E-state index contributed by atoms with van der Waals surface area (Å²) in [7, 11) is 0. The Labute approximate surface area is 233 Å². The Balaban J connectivity index is 1.32. The summed E-state index contributed by atoms with van der Waals surface area (Å²) in [4.78, 5) is 19.4. The first-order valence-electron chi connectivity index (χ1n) is 14.8. The number of carbonyl (C=O) groups is 1. The molecule has 7 heteroatoms. The van der Waals surface area contributed by atoms with E-state index in [0.29, 0.717) is 18.6 Å². The van der Waals surface area contributed by atoms with Gasteiger partial charge in [0.1, 0.15) is 5.60 Å². The van der Waals surface area contributed by atoms with Crippen LogP contribution in [0.2, 0.25) is 0 Å². The van der Waals surface area contributed by atoms with Gasteiger partial charge in [-0.1, -0.05) is 24.8 Å². The number of carbonyl (C=O) groups excluding carboxylic acids is 1. The molecule has 1 aliphatic carbocycles. The number of likely N-dealkylation sites (tertiary alicyclic amines) is 1. The molecule has 1 saturated carbocycles. The van der Waals surface area contributed by atoms with Crippen LogP contribution in [0.4, 0.5) is 5.69 Å². The Morgan fingerprint density at radius 3 is 2.64 bits per heavy atom. The van der Waals surface area contributed by atoms with Crippen LogP contribution < -0.4 is 4.90 Å². The third-order valence-electron chi connectivity index (χ3n) is 8.67. The normalized spacial score (nSPS) is 23.4. The van der Waals surface area contributed by atoms with Crippen LogP contribution in [0, 0.1) is 5.92 Å². The molecule has 39 heavy (non-hydrogen) atoms. The van der Waals surface area contributed by atoms with Crippen molar-refractivity contribution in [2.75, 3.05) is 50.8 Å². The molecule has 210 valence electrons. The van der Waals surface area contributed by atoms with Gasteiger partial charge in [-0.2, -0.15) is 5.10 Å². The zero-order chi connectivity index (χ0) is 27.6. The zero-order valence-electron chi connectivity index (χ0n) is 24.2. The number of ether oxygens (including phenoxy) is 1. The predicted molar refractivity (Wildman–Crippen MR) is 159 cm³/mol. The molecule has 0 radical (unpaired) electrons. The van der Waals surface area contributed by atoms with Gasteiger partial charge in [-0.15, -0.1) is 0 Å². The van der Waals surface area contributed by atoms with E-state index in [1.54, 1.807) is 0 Å². The van der Waals surface area contributed by atoms with Crippen LogP contribution in [-0.4, -0.2) is 82.8 Å². The maximum absolute atomic E-state index is 12.5. The minimum absolute atomic E-state index is 0.288. The van der Waals surface area contributed by atoms with Crippen molar-refractivity contribution >= 4 is 22.7 Å². The highest BCUT2D eigenvalue weighted by molar-refractivity contribution is 5.83. The quantitative estimate of drug-likeness (QED) is 0.417. The van der Waals surface area contributed by atoms with Gasteiger partial charge in [0.05, 0.1) is 11.2 Å². The van der Waals surface area contributed by atoms with E-state index in [4.69, 9.17) is 4.74 Å². The lowest BCUT2D eigenvalue weighted by Crippen LogP contribution is -2.52. The third-order valence-corrected chi connectivity index (χ3v) is 8.67. The molecule has 4 heterocycles. The van der Waals surface area contributed by atoms with E-state index < -0.39 is 0 Å². The smallest absolute Gasteiger partial charge is 0.225 e. The molecule has 0 unspecified atom stereocenters. The molecule has 2 aliphatic heterocycles. The van der Waals surface area contributed by atoms with E-state index in [0.717, 1.165) is 87.2 Å². The zero-order valence-corrected chi connectivity index (χ0v) is 24.2. The molecule has 2 aromatic rings. The lowest BCUT2D eigenvalue weighted by molar-refractivity contribution is -0.132. The minimum Gasteiger partial charge on any atom is -0.369 e. The van der Waals surface area contributed by atoms with Crippen LogP contribution in [0.1, 0.15) is 58.9 Å². The van der Waals surface area contributed by atoms with Crippen LogP contribution >= 0.6 is 0 Å². The van der Waals surface area contributed by atoms with E-state index in [1.807, 2.05) is 15.6 Å². The highest BCUT2D eigenvalue weighted by Gasteiger charge is 2.38. The van der Waals surface area contributed by atoms with E-state index in [2.05, 4.69) is 85.7 Å². The van der Waals surface area contributed by atoms with Gasteiger partial charge in [0.15, 0.2) is 0 Å². The Morgan fingerprint density at radius 2 is 1.97 bits per heavy atom. The summed E-state index contributed by atoms with van der Waals surface area (Å²) in [5.74, 6) is 0.637. The number of hydrogen-bond acceptors (Lipinski definition) is 5. The largest absolute Gasteiger partial charge is 0.369 e. The SMILES string of the molecule is C=C(/C=C\C(=C/C)c1cc2c(N3CCN(C(=O)C4CC4)CC3)ccnn2c1)[C@@]1(OCC)CCCN(C(C)C)C1. The van der Waals surface area contributed by atoms with Gasteiger partial charge in [0, 0.05) is 69.2 Å². The number of anilines is 1. The second kappa shape index (κ2) is 11.7. The number of piperazine rings is 1. The van der Waals surface area contributed by atoms with Crippen molar-refractivity contribution < 1.29 is 9.53 Å². The van der Waals surface area contributed by atoms with Crippen LogP contribution in [0.15, 0.2) is 54.9 Å². The Morgan fingerprint density at radius 1 is 1.21 bits per heavy atom. The van der Waals surface area contributed by atoms with E-state index in [-0.39, 0.29) is 11.5 Å². The highest BCUT2D eigenvalue weighted by atomic mass is 16.5. The Kier molecular flexibility index (Phi) is 8.29. The molecule has 5 rings (SSSR count). The standard InChI is InChI=1S/C32H45N5O2/c1-6-26(10-9-25(5)32(39-7-2)14-8-16-36(23-32)24(3)4)28-21-30-29(13-15-33-37(30)22-28)34-17-19-35(20-18-34)31(38)27-11-12-27/h6,9-10,13,15,21-22,24,27H,5,7-8,11-12,14,16-20,23H2,1-4H3/b10-9-,26-6+/t32-/m1/s1. The first-order chi connectivity index (χ1) is 18.8. The third kappa shape index (κ3) is 5.85. The molecule has 2 saturated heterocycles. The average molecular weight is 532 g/mol. The molecule has 0 N–H and O–H groups in total. The molecule has 2 aromatic heterocycles. The van der Waals surface area contributed by atoms with Gasteiger partial charge >= 0.3 is 0 Å². The first kappa shape index (κ1) is 27.7. The number of amides is 1. The Hall–Kier alpha value is -2.90. The van der Waals surface area contributed by atoms with Crippen molar-refractivity contribution in [1.29, 1.82) is 0 Å². The van der Waals surface area contributed by atoms with Crippen molar-refractivity contribution in [3.05, 3.63) is 60.5 Å². The fourth-order valence-corrected chi connectivity index (χ4v) is 6.13. The van der Waals surface area contributed by atoms with E-state index in [9.17, 15) is 4.79 Å². The van der Waals surface area contributed by atoms with Crippen molar-refractivity contribution in [3.8, 4) is 0 Å². The van der Waals surface area contributed by atoms with Crippen LogP contribution in [0.25, 0.3) is 11.1 Å². The molecular weight excluding hydrogens is 486 g/mol. The minimum atomic E-state index is -0.337. The summed E-state index contributed by atoms with van der Waals surface area (Å²) in [6, 6.07) is 4.82. The monoisotopic (exact) mass is 531 g/mol. The lowest BCUT2D eigenvalue weighted by Gasteiger charge is -2.44. The molecule has 0 bridgehead atoms. The number of piperidine rings is 1. The number of fused-ring (bicyclic) bond motifs is 1. The van der Waals surface area contributed by atoms with Gasteiger partial charge in [-0.25, -0.2) is 4.52 Å². The number of nitrogens with zero attached hydrogens (tertiary/aromatic N) is 5. The van der Waals surface area contributed by atoms with E-state index >= 15 is 0 Å². The maximum atomic E-state index is 12.5. The van der Waals surface area contributed by atoms with Gasteiger partial charge in [-0.3, -0.25) is 9.69 Å². The average Bonchev–Trinajstić information content (AvgIpc) is 3.71. The van der Waals surface area contributed by atoms with Crippen LogP contribution in [-0.2, 0) is 9.53 Å². The summed E-state index contributed by atoms with van der Waals surface area (Å²) >= 11 is 0. The lowest BCUT2D eigenvalue weighted by atomic mass is 9.84. The second-order valence-corrected chi connectivity index (χ2v) is 11.6. The summed E-state index contributed by atoms with van der Waals surface area (Å²) in [5, 5.41) is 4.61. The predicted octanol–water partition coefficient (Wildman–Crippen LogP) is 5.19. The summed E-state index contributed by atoms with van der Waals surface area (Å²) < 4.78 is 8.37. The maximum Gasteiger partial charge on any atom is 0.225 e. The number of hydrogen-bond donors (Lipinski definition) is 0. The summed E-state index contributed by atoms with van der Waals surface area (Å²) in [5.41, 5.74) is 5.22. The molecule has 7 nitrogen and oxygen atoms in total. The topological polar surface area (TPSA) is 53.3 Å².